The number of halogens is 4. The highest BCUT2D eigenvalue weighted by Crippen LogP contribution is 2.32. The lowest BCUT2D eigenvalue weighted by Crippen LogP contribution is -2.51. The van der Waals surface area contributed by atoms with Gasteiger partial charge in [0.25, 0.3) is 5.91 Å². The third-order valence-corrected chi connectivity index (χ3v) is 3.76. The average Bonchev–Trinajstić information content (AvgIpc) is 2.38. The molecule has 1 unspecified atom stereocenters. The first-order chi connectivity index (χ1) is 8.89. The molecule has 1 heterocycles. The Balaban J connectivity index is 2.22. The van der Waals surface area contributed by atoms with Crippen LogP contribution in [0.15, 0.2) is 28.7 Å². The number of likely N-dealkylation sites (tertiary alicyclic amines) is 1. The molecule has 0 bridgehead atoms. The number of carbonyl (C=O) groups is 1. The Morgan fingerprint density at radius 2 is 1.84 bits per heavy atom. The fourth-order valence-corrected chi connectivity index (χ4v) is 2.54. The van der Waals surface area contributed by atoms with E-state index in [1.807, 2.05) is 0 Å². The molecular formula is C13H13BrF3NO. The molecule has 0 aliphatic carbocycles. The van der Waals surface area contributed by atoms with E-state index in [2.05, 4.69) is 15.9 Å². The highest BCUT2D eigenvalue weighted by molar-refractivity contribution is 9.10. The lowest BCUT2D eigenvalue weighted by Gasteiger charge is -2.36. The number of benzene rings is 1. The van der Waals surface area contributed by atoms with Crippen LogP contribution in [0.4, 0.5) is 13.2 Å². The van der Waals surface area contributed by atoms with Crippen LogP contribution in [0.1, 0.15) is 29.6 Å². The van der Waals surface area contributed by atoms with Crippen LogP contribution in [0.3, 0.4) is 0 Å². The Morgan fingerprint density at radius 1 is 1.21 bits per heavy atom. The average molecular weight is 336 g/mol. The SMILES string of the molecule is O=C(c1ccc(Br)cc1)N1CCCCC1C(F)(F)F. The van der Waals surface area contributed by atoms with E-state index in [0.717, 1.165) is 9.37 Å². The summed E-state index contributed by atoms with van der Waals surface area (Å²) >= 11 is 3.23. The number of rotatable bonds is 1. The van der Waals surface area contributed by atoms with Crippen LogP contribution in [0, 0.1) is 0 Å². The zero-order chi connectivity index (χ0) is 14.0. The van der Waals surface area contributed by atoms with Crippen molar-refractivity contribution >= 4 is 21.8 Å². The van der Waals surface area contributed by atoms with Gasteiger partial charge in [0.05, 0.1) is 0 Å². The van der Waals surface area contributed by atoms with Crippen molar-refractivity contribution in [3.05, 3.63) is 34.3 Å². The minimum Gasteiger partial charge on any atom is -0.327 e. The first-order valence-electron chi connectivity index (χ1n) is 6.03. The van der Waals surface area contributed by atoms with Crippen LogP contribution >= 0.6 is 15.9 Å². The second-order valence-corrected chi connectivity index (χ2v) is 5.47. The molecule has 1 aliphatic rings. The van der Waals surface area contributed by atoms with Gasteiger partial charge < -0.3 is 4.90 Å². The molecule has 1 fully saturated rings. The van der Waals surface area contributed by atoms with Crippen LogP contribution in [-0.4, -0.2) is 29.6 Å². The van der Waals surface area contributed by atoms with Gasteiger partial charge in [0.1, 0.15) is 6.04 Å². The third kappa shape index (κ3) is 3.29. The lowest BCUT2D eigenvalue weighted by atomic mass is 10.0. The number of piperidine rings is 1. The lowest BCUT2D eigenvalue weighted by molar-refractivity contribution is -0.183. The van der Waals surface area contributed by atoms with Crippen molar-refractivity contribution in [3.63, 3.8) is 0 Å². The summed E-state index contributed by atoms with van der Waals surface area (Å²) in [7, 11) is 0. The van der Waals surface area contributed by atoms with Gasteiger partial charge in [-0.2, -0.15) is 13.2 Å². The zero-order valence-corrected chi connectivity index (χ0v) is 11.7. The highest BCUT2D eigenvalue weighted by atomic mass is 79.9. The van der Waals surface area contributed by atoms with Crippen LogP contribution in [-0.2, 0) is 0 Å². The molecule has 2 nitrogen and oxygen atoms in total. The van der Waals surface area contributed by atoms with E-state index in [1.54, 1.807) is 12.1 Å². The predicted molar refractivity (Wildman–Crippen MR) is 68.9 cm³/mol. The molecule has 1 atom stereocenters. The van der Waals surface area contributed by atoms with Crippen LogP contribution in [0.5, 0.6) is 0 Å². The monoisotopic (exact) mass is 335 g/mol. The zero-order valence-electron chi connectivity index (χ0n) is 10.1. The molecule has 0 saturated carbocycles. The predicted octanol–water partition coefficient (Wildman–Crippen LogP) is 4.01. The van der Waals surface area contributed by atoms with E-state index in [-0.39, 0.29) is 13.0 Å². The molecule has 0 N–H and O–H groups in total. The fourth-order valence-electron chi connectivity index (χ4n) is 2.27. The minimum atomic E-state index is -4.36. The maximum Gasteiger partial charge on any atom is 0.408 e. The first-order valence-corrected chi connectivity index (χ1v) is 6.82. The smallest absolute Gasteiger partial charge is 0.327 e. The van der Waals surface area contributed by atoms with Gasteiger partial charge in [-0.3, -0.25) is 4.79 Å². The van der Waals surface area contributed by atoms with Gasteiger partial charge in [0.2, 0.25) is 0 Å². The van der Waals surface area contributed by atoms with E-state index in [9.17, 15) is 18.0 Å². The van der Waals surface area contributed by atoms with Gasteiger partial charge in [-0.15, -0.1) is 0 Å². The Kier molecular flexibility index (Phi) is 4.18. The summed E-state index contributed by atoms with van der Waals surface area (Å²) in [6.45, 7) is 0.166. The Hall–Kier alpha value is -1.04. The quantitative estimate of drug-likeness (QED) is 0.759. The molecule has 1 aliphatic heterocycles. The van der Waals surface area contributed by atoms with Gasteiger partial charge in [-0.25, -0.2) is 0 Å². The molecule has 0 aromatic heterocycles. The molecule has 2 rings (SSSR count). The molecule has 1 aromatic rings. The van der Waals surface area contributed by atoms with Crippen molar-refractivity contribution in [2.45, 2.75) is 31.5 Å². The van der Waals surface area contributed by atoms with Crippen LogP contribution in [0.25, 0.3) is 0 Å². The normalized spacial score (nSPS) is 20.4. The molecule has 1 amide bonds. The van der Waals surface area contributed by atoms with Crippen molar-refractivity contribution in [3.8, 4) is 0 Å². The summed E-state index contributed by atoms with van der Waals surface area (Å²) in [5.41, 5.74) is 0.291. The van der Waals surface area contributed by atoms with Crippen molar-refractivity contribution in [1.82, 2.24) is 4.90 Å². The molecule has 104 valence electrons. The van der Waals surface area contributed by atoms with Gasteiger partial charge in [-0.1, -0.05) is 15.9 Å². The number of nitrogens with zero attached hydrogens (tertiary/aromatic N) is 1. The Morgan fingerprint density at radius 3 is 2.42 bits per heavy atom. The van der Waals surface area contributed by atoms with E-state index >= 15 is 0 Å². The summed E-state index contributed by atoms with van der Waals surface area (Å²) < 4.78 is 39.6. The van der Waals surface area contributed by atoms with Crippen molar-refractivity contribution in [1.29, 1.82) is 0 Å². The van der Waals surface area contributed by atoms with Gasteiger partial charge in [0, 0.05) is 16.6 Å². The van der Waals surface area contributed by atoms with Crippen LogP contribution in [0.2, 0.25) is 0 Å². The summed E-state index contributed by atoms with van der Waals surface area (Å²) in [6, 6.07) is 4.72. The summed E-state index contributed by atoms with van der Waals surface area (Å²) in [4.78, 5) is 13.1. The number of carbonyl (C=O) groups excluding carboxylic acids is 1. The van der Waals surface area contributed by atoms with Crippen molar-refractivity contribution in [2.75, 3.05) is 6.54 Å². The maximum absolute atomic E-state index is 12.9. The van der Waals surface area contributed by atoms with Gasteiger partial charge >= 0.3 is 6.18 Å². The third-order valence-electron chi connectivity index (χ3n) is 3.23. The molecular weight excluding hydrogens is 323 g/mol. The summed E-state index contributed by atoms with van der Waals surface area (Å²) in [5, 5.41) is 0. The molecule has 6 heteroatoms. The largest absolute Gasteiger partial charge is 0.408 e. The standard InChI is InChI=1S/C13H13BrF3NO/c14-10-6-4-9(5-7-10)12(19)18-8-2-1-3-11(18)13(15,16)17/h4-7,11H,1-3,8H2. The topological polar surface area (TPSA) is 20.3 Å². The first kappa shape index (κ1) is 14.4. The second kappa shape index (κ2) is 5.53. The van der Waals surface area contributed by atoms with E-state index in [4.69, 9.17) is 0 Å². The van der Waals surface area contributed by atoms with E-state index < -0.39 is 18.1 Å². The van der Waals surface area contributed by atoms with Crippen molar-refractivity contribution in [2.24, 2.45) is 0 Å². The maximum atomic E-state index is 12.9. The van der Waals surface area contributed by atoms with Crippen LogP contribution < -0.4 is 0 Å². The molecule has 1 saturated heterocycles. The fraction of sp³-hybridized carbons (Fsp3) is 0.462. The molecule has 0 radical (unpaired) electrons. The van der Waals surface area contributed by atoms with Gasteiger partial charge in [-0.05, 0) is 43.5 Å². The number of amides is 1. The summed E-state index contributed by atoms with van der Waals surface area (Å²) in [5.74, 6) is -0.547. The molecule has 19 heavy (non-hydrogen) atoms. The number of hydrogen-bond donors (Lipinski definition) is 0. The minimum absolute atomic E-state index is 0.00817. The summed E-state index contributed by atoms with van der Waals surface area (Å²) in [6.07, 6.45) is -3.24. The second-order valence-electron chi connectivity index (χ2n) is 4.56. The number of hydrogen-bond acceptors (Lipinski definition) is 1. The Labute approximate surface area is 117 Å². The highest BCUT2D eigenvalue weighted by Gasteiger charge is 2.46. The Bertz CT molecular complexity index is 458. The van der Waals surface area contributed by atoms with E-state index in [1.165, 1.54) is 12.1 Å². The van der Waals surface area contributed by atoms with E-state index in [0.29, 0.717) is 18.4 Å². The van der Waals surface area contributed by atoms with Gasteiger partial charge in [0.15, 0.2) is 0 Å². The number of alkyl halides is 3. The molecule has 0 spiro atoms. The van der Waals surface area contributed by atoms with Crippen molar-refractivity contribution < 1.29 is 18.0 Å². The molecule has 1 aromatic carbocycles.